The maximum atomic E-state index is 12.9. The van der Waals surface area contributed by atoms with Crippen LogP contribution in [0.1, 0.15) is 11.1 Å². The molecule has 0 unspecified atom stereocenters. The topological polar surface area (TPSA) is 46.2 Å². The highest BCUT2D eigenvalue weighted by atomic mass is 32.1. The van der Waals surface area contributed by atoms with Gasteiger partial charge in [-0.2, -0.15) is 0 Å². The number of halogens is 1. The smallest absolute Gasteiger partial charge is 0.129 e. The summed E-state index contributed by atoms with van der Waals surface area (Å²) in [6.07, 6.45) is 0. The Labute approximate surface area is 74.8 Å². The summed E-state index contributed by atoms with van der Waals surface area (Å²) < 4.78 is 12.9. The Kier molecular flexibility index (Phi) is 2.73. The molecule has 0 saturated carbocycles. The summed E-state index contributed by atoms with van der Waals surface area (Å²) in [7, 11) is 0. The lowest BCUT2D eigenvalue weighted by molar-refractivity contribution is 0.275. The van der Waals surface area contributed by atoms with Gasteiger partial charge in [0, 0.05) is 11.1 Å². The molecule has 0 atom stereocenters. The van der Waals surface area contributed by atoms with Gasteiger partial charge >= 0.3 is 0 Å². The summed E-state index contributed by atoms with van der Waals surface area (Å²) in [6.45, 7) is -0.316. The van der Waals surface area contributed by atoms with Gasteiger partial charge in [-0.3, -0.25) is 0 Å². The predicted octanol–water partition coefficient (Wildman–Crippen LogP) is 0.952. The van der Waals surface area contributed by atoms with Crippen LogP contribution >= 0.6 is 12.2 Å². The lowest BCUT2D eigenvalue weighted by Gasteiger charge is -2.01. The molecule has 1 aromatic rings. The average Bonchev–Trinajstić information content (AvgIpc) is 2.04. The zero-order valence-electron chi connectivity index (χ0n) is 6.25. The Balaban J connectivity index is 3.10. The van der Waals surface area contributed by atoms with E-state index in [1.807, 2.05) is 0 Å². The van der Waals surface area contributed by atoms with Crippen LogP contribution in [0.2, 0.25) is 0 Å². The first kappa shape index (κ1) is 9.09. The second-order valence-electron chi connectivity index (χ2n) is 2.33. The second kappa shape index (κ2) is 3.60. The van der Waals surface area contributed by atoms with E-state index in [9.17, 15) is 4.39 Å². The van der Waals surface area contributed by atoms with Crippen LogP contribution in [0.15, 0.2) is 18.2 Å². The van der Waals surface area contributed by atoms with Crippen molar-refractivity contribution in [2.45, 2.75) is 6.61 Å². The van der Waals surface area contributed by atoms with E-state index in [1.54, 1.807) is 6.07 Å². The molecule has 1 rings (SSSR count). The molecule has 0 heterocycles. The average molecular weight is 185 g/mol. The first-order valence-corrected chi connectivity index (χ1v) is 3.75. The maximum absolute atomic E-state index is 12.9. The number of aliphatic hydroxyl groups is 1. The highest BCUT2D eigenvalue weighted by Gasteiger charge is 2.03. The SMILES string of the molecule is NC(=S)c1ccc(CO)c(F)c1. The van der Waals surface area contributed by atoms with Gasteiger partial charge in [-0.25, -0.2) is 4.39 Å². The van der Waals surface area contributed by atoms with Crippen molar-refractivity contribution in [3.05, 3.63) is 35.1 Å². The Morgan fingerprint density at radius 3 is 2.67 bits per heavy atom. The van der Waals surface area contributed by atoms with Crippen molar-refractivity contribution in [2.24, 2.45) is 5.73 Å². The van der Waals surface area contributed by atoms with Crippen molar-refractivity contribution in [3.63, 3.8) is 0 Å². The molecule has 0 aliphatic rings. The molecule has 0 spiro atoms. The van der Waals surface area contributed by atoms with Crippen molar-refractivity contribution in [3.8, 4) is 0 Å². The number of rotatable bonds is 2. The molecule has 0 aliphatic carbocycles. The van der Waals surface area contributed by atoms with Gasteiger partial charge in [-0.05, 0) is 6.07 Å². The maximum Gasteiger partial charge on any atom is 0.129 e. The quantitative estimate of drug-likeness (QED) is 0.674. The number of thiocarbonyl (C=S) groups is 1. The van der Waals surface area contributed by atoms with Gasteiger partial charge in [-0.15, -0.1) is 0 Å². The van der Waals surface area contributed by atoms with Gasteiger partial charge in [-0.1, -0.05) is 24.4 Å². The molecule has 0 amide bonds. The number of hydrogen-bond acceptors (Lipinski definition) is 2. The molecule has 0 fully saturated rings. The number of benzene rings is 1. The molecule has 2 nitrogen and oxygen atoms in total. The molecule has 4 heteroatoms. The van der Waals surface area contributed by atoms with E-state index in [0.29, 0.717) is 5.56 Å². The highest BCUT2D eigenvalue weighted by Crippen LogP contribution is 2.09. The zero-order valence-corrected chi connectivity index (χ0v) is 7.07. The summed E-state index contributed by atoms with van der Waals surface area (Å²) in [5.41, 5.74) is 5.99. The van der Waals surface area contributed by atoms with Crippen molar-refractivity contribution in [1.82, 2.24) is 0 Å². The molecule has 3 N–H and O–H groups in total. The Hall–Kier alpha value is -1.00. The molecular formula is C8H8FNOS. The molecule has 0 radical (unpaired) electrons. The number of hydrogen-bond donors (Lipinski definition) is 2. The summed E-state index contributed by atoms with van der Waals surface area (Å²) in [5.74, 6) is -0.484. The first-order valence-electron chi connectivity index (χ1n) is 3.34. The summed E-state index contributed by atoms with van der Waals surface area (Å²) in [5, 5.41) is 8.64. The highest BCUT2D eigenvalue weighted by molar-refractivity contribution is 7.80. The second-order valence-corrected chi connectivity index (χ2v) is 2.77. The monoisotopic (exact) mass is 185 g/mol. The van der Waals surface area contributed by atoms with Crippen LogP contribution in [0.3, 0.4) is 0 Å². The fourth-order valence-electron chi connectivity index (χ4n) is 0.829. The molecule has 0 bridgehead atoms. The molecule has 0 saturated heterocycles. The molecule has 0 aliphatic heterocycles. The fourth-order valence-corrected chi connectivity index (χ4v) is 0.956. The van der Waals surface area contributed by atoms with Crippen molar-refractivity contribution in [2.75, 3.05) is 0 Å². The van der Waals surface area contributed by atoms with Crippen LogP contribution < -0.4 is 5.73 Å². The van der Waals surface area contributed by atoms with Crippen LogP contribution in [-0.2, 0) is 6.61 Å². The third kappa shape index (κ3) is 1.78. The van der Waals surface area contributed by atoms with Gasteiger partial charge in [0.15, 0.2) is 0 Å². The minimum Gasteiger partial charge on any atom is -0.392 e. The van der Waals surface area contributed by atoms with E-state index in [2.05, 4.69) is 12.2 Å². The van der Waals surface area contributed by atoms with Gasteiger partial charge in [0.1, 0.15) is 10.8 Å². The Bertz CT molecular complexity index is 314. The van der Waals surface area contributed by atoms with Crippen LogP contribution in [0.4, 0.5) is 4.39 Å². The van der Waals surface area contributed by atoms with E-state index in [4.69, 9.17) is 10.8 Å². The normalized spacial score (nSPS) is 9.83. The molecule has 0 aromatic heterocycles. The summed E-state index contributed by atoms with van der Waals surface area (Å²) in [6, 6.07) is 4.26. The van der Waals surface area contributed by atoms with E-state index in [-0.39, 0.29) is 17.2 Å². The minimum atomic E-state index is -0.484. The molecule has 64 valence electrons. The number of nitrogens with two attached hydrogens (primary N) is 1. The molecule has 1 aromatic carbocycles. The van der Waals surface area contributed by atoms with Crippen LogP contribution in [0.25, 0.3) is 0 Å². The summed E-state index contributed by atoms with van der Waals surface area (Å²) in [4.78, 5) is 0.151. The van der Waals surface area contributed by atoms with Gasteiger partial charge in [0.25, 0.3) is 0 Å². The van der Waals surface area contributed by atoms with E-state index in [0.717, 1.165) is 0 Å². The fraction of sp³-hybridized carbons (Fsp3) is 0.125. The van der Waals surface area contributed by atoms with Crippen molar-refractivity contribution < 1.29 is 9.50 Å². The van der Waals surface area contributed by atoms with Gasteiger partial charge < -0.3 is 10.8 Å². The van der Waals surface area contributed by atoms with E-state index in [1.165, 1.54) is 12.1 Å². The van der Waals surface area contributed by atoms with E-state index >= 15 is 0 Å². The molecular weight excluding hydrogens is 177 g/mol. The first-order chi connectivity index (χ1) is 5.65. The van der Waals surface area contributed by atoms with Crippen LogP contribution in [0.5, 0.6) is 0 Å². The van der Waals surface area contributed by atoms with Crippen molar-refractivity contribution >= 4 is 17.2 Å². The van der Waals surface area contributed by atoms with E-state index < -0.39 is 5.82 Å². The number of aliphatic hydroxyl groups excluding tert-OH is 1. The minimum absolute atomic E-state index is 0.151. The molecule has 12 heavy (non-hydrogen) atoms. The van der Waals surface area contributed by atoms with Gasteiger partial charge in [0.05, 0.1) is 6.61 Å². The lowest BCUT2D eigenvalue weighted by Crippen LogP contribution is -2.09. The Morgan fingerprint density at radius 1 is 1.58 bits per heavy atom. The summed E-state index contributed by atoms with van der Waals surface area (Å²) >= 11 is 4.65. The zero-order chi connectivity index (χ0) is 9.14. The van der Waals surface area contributed by atoms with Crippen molar-refractivity contribution in [1.29, 1.82) is 0 Å². The standard InChI is InChI=1S/C8H8FNOS/c9-7-3-5(8(10)12)1-2-6(7)4-11/h1-3,11H,4H2,(H2,10,12). The van der Waals surface area contributed by atoms with Crippen LogP contribution in [-0.4, -0.2) is 10.1 Å². The third-order valence-corrected chi connectivity index (χ3v) is 1.74. The Morgan fingerprint density at radius 2 is 2.25 bits per heavy atom. The lowest BCUT2D eigenvalue weighted by atomic mass is 10.1. The van der Waals surface area contributed by atoms with Crippen LogP contribution in [0, 0.1) is 5.82 Å². The largest absolute Gasteiger partial charge is 0.392 e. The predicted molar refractivity (Wildman–Crippen MR) is 48.2 cm³/mol. The third-order valence-electron chi connectivity index (χ3n) is 1.51. The van der Waals surface area contributed by atoms with Gasteiger partial charge in [0.2, 0.25) is 0 Å².